The molecule has 0 radical (unpaired) electrons. The molecule has 0 aliphatic heterocycles. The van der Waals surface area contributed by atoms with Crippen molar-refractivity contribution in [2.24, 2.45) is 0 Å². The fourth-order valence-electron chi connectivity index (χ4n) is 4.03. The van der Waals surface area contributed by atoms with Crippen LogP contribution in [0.1, 0.15) is 50.2 Å². The van der Waals surface area contributed by atoms with Gasteiger partial charge in [-0.25, -0.2) is 0 Å². The molecule has 98 valence electrons. The molecular formula is C19H22. The van der Waals surface area contributed by atoms with Crippen molar-refractivity contribution >= 4 is 5.57 Å². The zero-order valence-corrected chi connectivity index (χ0v) is 11.8. The summed E-state index contributed by atoms with van der Waals surface area (Å²) in [5, 5.41) is 0. The third-order valence-electron chi connectivity index (χ3n) is 4.78. The number of allylic oxidation sites excluding steroid dienone is 5. The molecule has 3 rings (SSSR count). The minimum atomic E-state index is 0.255. The second-order valence-electron chi connectivity index (χ2n) is 5.72. The molecule has 1 fully saturated rings. The van der Waals surface area contributed by atoms with Crippen LogP contribution < -0.4 is 0 Å². The van der Waals surface area contributed by atoms with Gasteiger partial charge in [0.2, 0.25) is 0 Å². The van der Waals surface area contributed by atoms with E-state index in [1.165, 1.54) is 54.4 Å². The molecule has 0 saturated heterocycles. The van der Waals surface area contributed by atoms with E-state index in [2.05, 4.69) is 56.0 Å². The first-order valence-corrected chi connectivity index (χ1v) is 7.43. The average Bonchev–Trinajstić information content (AvgIpc) is 2.71. The molecule has 0 N–H and O–H groups in total. The molecular weight excluding hydrogens is 228 g/mol. The minimum absolute atomic E-state index is 0.255. The lowest BCUT2D eigenvalue weighted by Crippen LogP contribution is -2.28. The molecule has 0 aromatic heterocycles. The van der Waals surface area contributed by atoms with Gasteiger partial charge in [0.05, 0.1) is 0 Å². The van der Waals surface area contributed by atoms with Crippen molar-refractivity contribution in [3.63, 3.8) is 0 Å². The van der Waals surface area contributed by atoms with E-state index in [0.29, 0.717) is 0 Å². The molecule has 0 heterocycles. The Morgan fingerprint density at radius 3 is 2.53 bits per heavy atom. The van der Waals surface area contributed by atoms with Crippen LogP contribution in [0.5, 0.6) is 0 Å². The standard InChI is InChI=1S/C19H22/c1-3-10-15-16-11-6-7-12-18(16)19(17(15)4-2)13-8-5-9-14-19/h3-4,6-7,10-12H,2,5,8-9,13-14H2,1H3/b10-3-. The van der Waals surface area contributed by atoms with Crippen LogP contribution in [0, 0.1) is 0 Å². The monoisotopic (exact) mass is 250 g/mol. The molecule has 0 bridgehead atoms. The van der Waals surface area contributed by atoms with Crippen molar-refractivity contribution in [1.82, 2.24) is 0 Å². The van der Waals surface area contributed by atoms with E-state index >= 15 is 0 Å². The molecule has 0 atom stereocenters. The summed E-state index contributed by atoms with van der Waals surface area (Å²) >= 11 is 0. The van der Waals surface area contributed by atoms with Crippen molar-refractivity contribution in [3.05, 3.63) is 65.8 Å². The second kappa shape index (κ2) is 4.85. The zero-order chi connectivity index (χ0) is 13.3. The van der Waals surface area contributed by atoms with Gasteiger partial charge in [0.15, 0.2) is 0 Å². The van der Waals surface area contributed by atoms with E-state index in [1.54, 1.807) is 0 Å². The molecule has 1 aromatic carbocycles. The summed E-state index contributed by atoms with van der Waals surface area (Å²) in [5.41, 5.74) is 6.09. The van der Waals surface area contributed by atoms with Crippen LogP contribution in [-0.4, -0.2) is 0 Å². The van der Waals surface area contributed by atoms with Crippen molar-refractivity contribution in [2.45, 2.75) is 44.4 Å². The Bertz CT molecular complexity index is 551. The Morgan fingerprint density at radius 2 is 1.84 bits per heavy atom. The first-order chi connectivity index (χ1) is 9.33. The van der Waals surface area contributed by atoms with Crippen LogP contribution in [0.3, 0.4) is 0 Å². The second-order valence-corrected chi connectivity index (χ2v) is 5.72. The maximum absolute atomic E-state index is 4.12. The van der Waals surface area contributed by atoms with E-state index in [-0.39, 0.29) is 5.41 Å². The van der Waals surface area contributed by atoms with Gasteiger partial charge < -0.3 is 0 Å². The smallest absolute Gasteiger partial charge is 0.0215 e. The van der Waals surface area contributed by atoms with E-state index in [4.69, 9.17) is 0 Å². The number of hydrogen-bond acceptors (Lipinski definition) is 0. The van der Waals surface area contributed by atoms with Crippen LogP contribution in [0.25, 0.3) is 5.57 Å². The van der Waals surface area contributed by atoms with E-state index in [1.807, 2.05) is 0 Å². The third kappa shape index (κ3) is 1.74. The highest BCUT2D eigenvalue weighted by Gasteiger charge is 2.43. The fraction of sp³-hybridized carbons (Fsp3) is 0.368. The molecule has 1 spiro atoms. The lowest BCUT2D eigenvalue weighted by molar-refractivity contribution is 0.350. The Balaban J connectivity index is 2.25. The summed E-state index contributed by atoms with van der Waals surface area (Å²) in [5.74, 6) is 0. The van der Waals surface area contributed by atoms with Gasteiger partial charge in [-0.2, -0.15) is 0 Å². The maximum atomic E-state index is 4.12. The number of hydrogen-bond donors (Lipinski definition) is 0. The predicted octanol–water partition coefficient (Wildman–Crippen LogP) is 5.42. The summed E-state index contributed by atoms with van der Waals surface area (Å²) in [4.78, 5) is 0. The highest BCUT2D eigenvalue weighted by atomic mass is 14.5. The Labute approximate surface area is 116 Å². The van der Waals surface area contributed by atoms with Gasteiger partial charge >= 0.3 is 0 Å². The molecule has 0 nitrogen and oxygen atoms in total. The van der Waals surface area contributed by atoms with E-state index < -0.39 is 0 Å². The van der Waals surface area contributed by atoms with Crippen molar-refractivity contribution < 1.29 is 0 Å². The van der Waals surface area contributed by atoms with Gasteiger partial charge in [0, 0.05) is 5.41 Å². The lowest BCUT2D eigenvalue weighted by atomic mass is 9.67. The van der Waals surface area contributed by atoms with Gasteiger partial charge in [-0.1, -0.05) is 68.3 Å². The predicted molar refractivity (Wildman–Crippen MR) is 83.1 cm³/mol. The Morgan fingerprint density at radius 1 is 1.11 bits per heavy atom. The fourth-order valence-corrected chi connectivity index (χ4v) is 4.03. The molecule has 2 aliphatic rings. The van der Waals surface area contributed by atoms with Gasteiger partial charge in [-0.3, -0.25) is 0 Å². The molecule has 0 unspecified atom stereocenters. The van der Waals surface area contributed by atoms with Crippen LogP contribution in [0.4, 0.5) is 0 Å². The topological polar surface area (TPSA) is 0 Å². The van der Waals surface area contributed by atoms with Crippen molar-refractivity contribution in [1.29, 1.82) is 0 Å². The molecule has 0 heteroatoms. The minimum Gasteiger partial charge on any atom is -0.0987 e. The molecule has 1 saturated carbocycles. The molecule has 0 amide bonds. The van der Waals surface area contributed by atoms with Gasteiger partial charge in [-0.15, -0.1) is 0 Å². The largest absolute Gasteiger partial charge is 0.0987 e. The summed E-state index contributed by atoms with van der Waals surface area (Å²) in [6.45, 7) is 6.22. The van der Waals surface area contributed by atoms with Gasteiger partial charge in [-0.05, 0) is 42.0 Å². The van der Waals surface area contributed by atoms with Crippen LogP contribution in [-0.2, 0) is 5.41 Å². The first-order valence-electron chi connectivity index (χ1n) is 7.43. The van der Waals surface area contributed by atoms with Gasteiger partial charge in [0.1, 0.15) is 0 Å². The highest BCUT2D eigenvalue weighted by Crippen LogP contribution is 2.54. The number of rotatable bonds is 2. The summed E-state index contributed by atoms with van der Waals surface area (Å²) in [6.07, 6.45) is 13.2. The van der Waals surface area contributed by atoms with Crippen LogP contribution in [0.15, 0.2) is 54.6 Å². The first kappa shape index (κ1) is 12.5. The van der Waals surface area contributed by atoms with Crippen LogP contribution in [0.2, 0.25) is 0 Å². The number of fused-ring (bicyclic) bond motifs is 2. The van der Waals surface area contributed by atoms with Crippen molar-refractivity contribution in [2.75, 3.05) is 0 Å². The lowest BCUT2D eigenvalue weighted by Gasteiger charge is -2.36. The van der Waals surface area contributed by atoms with E-state index in [9.17, 15) is 0 Å². The quantitative estimate of drug-likeness (QED) is 0.657. The number of benzene rings is 1. The average molecular weight is 250 g/mol. The van der Waals surface area contributed by atoms with Crippen molar-refractivity contribution in [3.8, 4) is 0 Å². The zero-order valence-electron chi connectivity index (χ0n) is 11.8. The van der Waals surface area contributed by atoms with Gasteiger partial charge in [0.25, 0.3) is 0 Å². The summed E-state index contributed by atoms with van der Waals surface area (Å²) in [7, 11) is 0. The maximum Gasteiger partial charge on any atom is 0.0215 e. The third-order valence-corrected chi connectivity index (χ3v) is 4.78. The normalized spacial score (nSPS) is 21.1. The SMILES string of the molecule is C=CC1=C(/C=C\C)c2ccccc2C12CCCCC2. The molecule has 1 aromatic rings. The van der Waals surface area contributed by atoms with Crippen LogP contribution >= 0.6 is 0 Å². The summed E-state index contributed by atoms with van der Waals surface area (Å²) in [6, 6.07) is 8.96. The molecule has 2 aliphatic carbocycles. The Kier molecular flexibility index (Phi) is 3.18. The molecule has 19 heavy (non-hydrogen) atoms. The highest BCUT2D eigenvalue weighted by molar-refractivity contribution is 5.87. The van der Waals surface area contributed by atoms with E-state index in [0.717, 1.165) is 0 Å². The summed E-state index contributed by atoms with van der Waals surface area (Å²) < 4.78 is 0. The Hall–Kier alpha value is -1.56.